The van der Waals surface area contributed by atoms with Gasteiger partial charge in [-0.25, -0.2) is 4.98 Å². The highest BCUT2D eigenvalue weighted by Gasteiger charge is 2.69. The minimum Gasteiger partial charge on any atom is -0.481 e. The smallest absolute Gasteiger partial charge is 0.310 e. The van der Waals surface area contributed by atoms with Gasteiger partial charge in [-0.2, -0.15) is 0 Å². The number of carboxylic acid groups (broad SMARTS) is 1. The SMILES string of the molecule is CC1CCC2(C(=O)O)CCC3(C)C(=CCC4C5(C)Cc6cc7cnoc7nc6C(C)(C)C5CCC43C)C2C1C. The van der Waals surface area contributed by atoms with E-state index in [1.54, 1.807) is 6.20 Å². The first-order chi connectivity index (χ1) is 18.3. The number of hydrogen-bond acceptors (Lipinski definition) is 4. The lowest BCUT2D eigenvalue weighted by Gasteiger charge is -2.70. The summed E-state index contributed by atoms with van der Waals surface area (Å²) in [6, 6.07) is 2.29. The van der Waals surface area contributed by atoms with E-state index in [0.29, 0.717) is 29.4 Å². The van der Waals surface area contributed by atoms with Crippen molar-refractivity contribution in [1.29, 1.82) is 0 Å². The topological polar surface area (TPSA) is 76.2 Å². The minimum absolute atomic E-state index is 0.0416. The zero-order valence-corrected chi connectivity index (χ0v) is 24.9. The Hall–Kier alpha value is -2.17. The van der Waals surface area contributed by atoms with Crippen molar-refractivity contribution < 1.29 is 14.4 Å². The number of nitrogens with zero attached hydrogens (tertiary/aromatic N) is 2. The highest BCUT2D eigenvalue weighted by Crippen LogP contribution is 2.75. The number of rotatable bonds is 1. The van der Waals surface area contributed by atoms with Gasteiger partial charge in [-0.15, -0.1) is 0 Å². The van der Waals surface area contributed by atoms with E-state index in [2.05, 4.69) is 65.8 Å². The van der Waals surface area contributed by atoms with E-state index in [1.165, 1.54) is 29.7 Å². The summed E-state index contributed by atoms with van der Waals surface area (Å²) in [6.45, 7) is 17.2. The van der Waals surface area contributed by atoms with Crippen molar-refractivity contribution in [3.05, 3.63) is 35.2 Å². The van der Waals surface area contributed by atoms with Crippen LogP contribution in [0.2, 0.25) is 0 Å². The van der Waals surface area contributed by atoms with Crippen LogP contribution in [0.25, 0.3) is 11.1 Å². The fraction of sp³-hybridized carbons (Fsp3) is 0.735. The first-order valence-corrected chi connectivity index (χ1v) is 15.5. The van der Waals surface area contributed by atoms with Crippen LogP contribution in [0.5, 0.6) is 0 Å². The molecular formula is C34H46N2O3. The lowest BCUT2D eigenvalue weighted by atomic mass is 9.33. The van der Waals surface area contributed by atoms with Gasteiger partial charge in [-0.3, -0.25) is 4.79 Å². The van der Waals surface area contributed by atoms with E-state index in [9.17, 15) is 9.90 Å². The molecule has 210 valence electrons. The molecule has 0 saturated heterocycles. The summed E-state index contributed by atoms with van der Waals surface area (Å²) in [4.78, 5) is 18.0. The monoisotopic (exact) mass is 530 g/mol. The Bertz CT molecular complexity index is 1410. The van der Waals surface area contributed by atoms with Crippen molar-refractivity contribution in [3.63, 3.8) is 0 Å². The molecule has 0 aromatic carbocycles. The number of fused-ring (bicyclic) bond motifs is 9. The van der Waals surface area contributed by atoms with Gasteiger partial charge in [-0.1, -0.05) is 65.3 Å². The number of pyridine rings is 1. The molecule has 5 heteroatoms. The van der Waals surface area contributed by atoms with Crippen molar-refractivity contribution >= 4 is 17.1 Å². The molecule has 9 unspecified atom stereocenters. The van der Waals surface area contributed by atoms with E-state index in [1.807, 2.05) is 0 Å². The average Bonchev–Trinajstić information content (AvgIpc) is 3.33. The number of aromatic nitrogens is 2. The molecule has 0 bridgehead atoms. The van der Waals surface area contributed by atoms with E-state index in [-0.39, 0.29) is 27.6 Å². The first kappa shape index (κ1) is 25.8. The van der Waals surface area contributed by atoms with Crippen LogP contribution < -0.4 is 0 Å². The fourth-order valence-electron chi connectivity index (χ4n) is 11.8. The lowest BCUT2D eigenvalue weighted by Crippen LogP contribution is -2.65. The van der Waals surface area contributed by atoms with Crippen molar-refractivity contribution in [1.82, 2.24) is 10.1 Å². The molecular weight excluding hydrogens is 484 g/mol. The largest absolute Gasteiger partial charge is 0.481 e. The van der Waals surface area contributed by atoms with Gasteiger partial charge < -0.3 is 9.63 Å². The number of carboxylic acids is 1. The Morgan fingerprint density at radius 1 is 1.03 bits per heavy atom. The summed E-state index contributed by atoms with van der Waals surface area (Å²) in [7, 11) is 0. The third-order valence-electron chi connectivity index (χ3n) is 14.2. The predicted octanol–water partition coefficient (Wildman–Crippen LogP) is 7.98. The third kappa shape index (κ3) is 2.95. The van der Waals surface area contributed by atoms with Gasteiger partial charge in [0.2, 0.25) is 0 Å². The molecule has 3 fully saturated rings. The highest BCUT2D eigenvalue weighted by atomic mass is 16.5. The Balaban J connectivity index is 1.36. The third-order valence-corrected chi connectivity index (χ3v) is 14.2. The maximum Gasteiger partial charge on any atom is 0.310 e. The maximum atomic E-state index is 13.0. The molecule has 5 aliphatic carbocycles. The van der Waals surface area contributed by atoms with E-state index in [4.69, 9.17) is 9.51 Å². The zero-order valence-electron chi connectivity index (χ0n) is 24.9. The molecule has 0 radical (unpaired) electrons. The average molecular weight is 531 g/mol. The van der Waals surface area contributed by atoms with Gasteiger partial charge in [0.05, 0.1) is 22.7 Å². The molecule has 2 heterocycles. The molecule has 5 aliphatic rings. The Morgan fingerprint density at radius 3 is 2.54 bits per heavy atom. The van der Waals surface area contributed by atoms with Gasteiger partial charge >= 0.3 is 5.97 Å². The summed E-state index contributed by atoms with van der Waals surface area (Å²) < 4.78 is 5.49. The zero-order chi connectivity index (χ0) is 27.8. The predicted molar refractivity (Wildman–Crippen MR) is 152 cm³/mol. The van der Waals surface area contributed by atoms with Crippen LogP contribution >= 0.6 is 0 Å². The molecule has 7 rings (SSSR count). The van der Waals surface area contributed by atoms with E-state index >= 15 is 0 Å². The molecule has 0 aliphatic heterocycles. The quantitative estimate of drug-likeness (QED) is 0.378. The second-order valence-electron chi connectivity index (χ2n) is 15.7. The molecule has 2 aromatic rings. The molecule has 0 spiro atoms. The normalized spacial score (nSPS) is 46.2. The van der Waals surface area contributed by atoms with Gasteiger partial charge in [-0.05, 0) is 109 Å². The molecule has 9 atom stereocenters. The fourth-order valence-corrected chi connectivity index (χ4v) is 11.8. The molecule has 1 N–H and O–H groups in total. The number of allylic oxidation sites excluding steroid dienone is 2. The number of carbonyl (C=O) groups is 1. The molecule has 5 nitrogen and oxygen atoms in total. The summed E-state index contributed by atoms with van der Waals surface area (Å²) >= 11 is 0. The van der Waals surface area contributed by atoms with Crippen LogP contribution in [0.4, 0.5) is 0 Å². The van der Waals surface area contributed by atoms with Crippen molar-refractivity contribution in [2.24, 2.45) is 51.2 Å². The van der Waals surface area contributed by atoms with Crippen molar-refractivity contribution in [3.8, 4) is 0 Å². The number of aliphatic carboxylic acids is 1. The van der Waals surface area contributed by atoms with E-state index in [0.717, 1.165) is 43.9 Å². The molecule has 2 aromatic heterocycles. The van der Waals surface area contributed by atoms with Crippen molar-refractivity contribution in [2.75, 3.05) is 0 Å². The Morgan fingerprint density at radius 2 is 1.79 bits per heavy atom. The summed E-state index contributed by atoms with van der Waals surface area (Å²) in [5.74, 6) is 1.69. The summed E-state index contributed by atoms with van der Waals surface area (Å²) in [5.41, 5.74) is 4.44. The molecule has 3 saturated carbocycles. The van der Waals surface area contributed by atoms with Crippen LogP contribution in [0.15, 0.2) is 28.4 Å². The molecule has 39 heavy (non-hydrogen) atoms. The van der Waals surface area contributed by atoms with Crippen LogP contribution in [0.1, 0.15) is 105 Å². The Kier molecular flexibility index (Phi) is 5.13. The number of hydrogen-bond donors (Lipinski definition) is 1. The van der Waals surface area contributed by atoms with Crippen LogP contribution in [-0.2, 0) is 16.6 Å². The summed E-state index contributed by atoms with van der Waals surface area (Å²) in [5, 5.41) is 15.7. The van der Waals surface area contributed by atoms with Crippen LogP contribution in [-0.4, -0.2) is 21.2 Å². The standard InChI is InChI=1S/C34H46N2O3/c1-19-10-13-34(29(37)38)15-14-32(6)23(26(34)20(19)2)8-9-25-31(5)17-21-16-22-18-35-39-28(22)36-27(21)30(3,4)24(31)11-12-33(25,32)7/h8,16,18-20,24-26H,9-15,17H2,1-7H3,(H,37,38). The lowest BCUT2D eigenvalue weighted by molar-refractivity contribution is -0.179. The van der Waals surface area contributed by atoms with Gasteiger partial charge in [0.15, 0.2) is 0 Å². The van der Waals surface area contributed by atoms with Gasteiger partial charge in [0.25, 0.3) is 5.71 Å². The van der Waals surface area contributed by atoms with Gasteiger partial charge in [0.1, 0.15) is 0 Å². The van der Waals surface area contributed by atoms with E-state index < -0.39 is 11.4 Å². The van der Waals surface area contributed by atoms with Gasteiger partial charge in [0, 0.05) is 5.41 Å². The minimum atomic E-state index is -0.580. The van der Waals surface area contributed by atoms with Crippen LogP contribution in [0, 0.1) is 51.2 Å². The first-order valence-electron chi connectivity index (χ1n) is 15.5. The van der Waals surface area contributed by atoms with Crippen molar-refractivity contribution in [2.45, 2.75) is 105 Å². The van der Waals surface area contributed by atoms with Crippen LogP contribution in [0.3, 0.4) is 0 Å². The Labute approximate surface area is 233 Å². The molecule has 0 amide bonds. The summed E-state index contributed by atoms with van der Waals surface area (Å²) in [6.07, 6.45) is 12.6. The highest BCUT2D eigenvalue weighted by molar-refractivity contribution is 5.77. The maximum absolute atomic E-state index is 13.0. The second kappa shape index (κ2) is 7.76. The second-order valence-corrected chi connectivity index (χ2v) is 15.7.